The van der Waals surface area contributed by atoms with E-state index in [2.05, 4.69) is 23.3 Å². The van der Waals surface area contributed by atoms with Crippen LogP contribution in [0.25, 0.3) is 0 Å². The molecule has 76 valence electrons. The number of rotatable bonds is 4. The summed E-state index contributed by atoms with van der Waals surface area (Å²) in [6.07, 6.45) is 9.13. The maximum Gasteiger partial charge on any atom is 0.0528 e. The third kappa shape index (κ3) is 2.06. The molecule has 0 amide bonds. The quantitative estimate of drug-likeness (QED) is 0.789. The minimum atomic E-state index is 0.646. The molecular formula is C12H18N2. The Morgan fingerprint density at radius 3 is 2.93 bits per heavy atom. The van der Waals surface area contributed by atoms with Gasteiger partial charge in [0.2, 0.25) is 0 Å². The second-order valence-corrected chi connectivity index (χ2v) is 4.09. The minimum Gasteiger partial charge on any atom is -0.381 e. The van der Waals surface area contributed by atoms with Crippen LogP contribution in [0.3, 0.4) is 0 Å². The first-order valence-corrected chi connectivity index (χ1v) is 5.56. The molecule has 0 radical (unpaired) electrons. The molecule has 0 bridgehead atoms. The van der Waals surface area contributed by atoms with Gasteiger partial charge in [-0.25, -0.2) is 0 Å². The van der Waals surface area contributed by atoms with Gasteiger partial charge in [-0.1, -0.05) is 13.3 Å². The zero-order valence-electron chi connectivity index (χ0n) is 8.74. The molecule has 0 spiro atoms. The van der Waals surface area contributed by atoms with Crippen molar-refractivity contribution in [3.63, 3.8) is 0 Å². The van der Waals surface area contributed by atoms with Crippen molar-refractivity contribution < 1.29 is 0 Å². The van der Waals surface area contributed by atoms with E-state index in [1.807, 2.05) is 18.5 Å². The minimum absolute atomic E-state index is 0.646. The molecule has 1 aromatic rings. The second-order valence-electron chi connectivity index (χ2n) is 4.09. The summed E-state index contributed by atoms with van der Waals surface area (Å²) in [6.45, 7) is 2.26. The van der Waals surface area contributed by atoms with E-state index in [4.69, 9.17) is 0 Å². The largest absolute Gasteiger partial charge is 0.381 e. The van der Waals surface area contributed by atoms with Gasteiger partial charge in [0.05, 0.1) is 5.69 Å². The molecule has 0 aliphatic heterocycles. The van der Waals surface area contributed by atoms with Crippen molar-refractivity contribution in [3.05, 3.63) is 24.5 Å². The number of anilines is 1. The third-order valence-corrected chi connectivity index (χ3v) is 3.17. The lowest BCUT2D eigenvalue weighted by Crippen LogP contribution is -2.32. The highest BCUT2D eigenvalue weighted by atomic mass is 14.9. The van der Waals surface area contributed by atoms with E-state index in [9.17, 15) is 0 Å². The van der Waals surface area contributed by atoms with Gasteiger partial charge in [-0.3, -0.25) is 4.98 Å². The van der Waals surface area contributed by atoms with Gasteiger partial charge >= 0.3 is 0 Å². The monoisotopic (exact) mass is 190 g/mol. The van der Waals surface area contributed by atoms with Crippen molar-refractivity contribution in [3.8, 4) is 0 Å². The molecule has 1 aliphatic rings. The van der Waals surface area contributed by atoms with Gasteiger partial charge in [-0.15, -0.1) is 0 Å². The summed E-state index contributed by atoms with van der Waals surface area (Å²) in [5.74, 6) is 0.889. The van der Waals surface area contributed by atoms with Crippen LogP contribution in [-0.2, 0) is 0 Å². The van der Waals surface area contributed by atoms with E-state index in [1.165, 1.54) is 25.7 Å². The van der Waals surface area contributed by atoms with Crippen molar-refractivity contribution in [1.29, 1.82) is 0 Å². The van der Waals surface area contributed by atoms with Crippen molar-refractivity contribution in [2.24, 2.45) is 5.92 Å². The van der Waals surface area contributed by atoms with E-state index in [0.29, 0.717) is 6.04 Å². The number of pyridine rings is 1. The topological polar surface area (TPSA) is 24.9 Å². The first-order chi connectivity index (χ1) is 6.90. The van der Waals surface area contributed by atoms with E-state index in [1.54, 1.807) is 0 Å². The van der Waals surface area contributed by atoms with Crippen molar-refractivity contribution in [2.75, 3.05) is 5.32 Å². The van der Waals surface area contributed by atoms with Gasteiger partial charge in [0.15, 0.2) is 0 Å². The molecule has 0 saturated heterocycles. The van der Waals surface area contributed by atoms with Crippen LogP contribution in [0.2, 0.25) is 0 Å². The fourth-order valence-corrected chi connectivity index (χ4v) is 2.06. The second kappa shape index (κ2) is 4.45. The highest BCUT2D eigenvalue weighted by Crippen LogP contribution is 2.32. The first-order valence-electron chi connectivity index (χ1n) is 5.56. The zero-order chi connectivity index (χ0) is 9.80. The molecule has 1 saturated carbocycles. The molecular weight excluding hydrogens is 172 g/mol. The fourth-order valence-electron chi connectivity index (χ4n) is 2.06. The Balaban J connectivity index is 1.94. The molecule has 1 unspecified atom stereocenters. The summed E-state index contributed by atoms with van der Waals surface area (Å²) in [7, 11) is 0. The molecule has 1 aliphatic carbocycles. The summed E-state index contributed by atoms with van der Waals surface area (Å²) in [4.78, 5) is 4.11. The van der Waals surface area contributed by atoms with Gasteiger partial charge in [0.1, 0.15) is 0 Å². The molecule has 1 atom stereocenters. The fraction of sp³-hybridized carbons (Fsp3) is 0.583. The molecule has 2 heteroatoms. The molecule has 2 rings (SSSR count). The Hall–Kier alpha value is -1.05. The lowest BCUT2D eigenvalue weighted by Gasteiger charge is -2.34. The summed E-state index contributed by atoms with van der Waals surface area (Å²) < 4.78 is 0. The molecule has 1 N–H and O–H groups in total. The van der Waals surface area contributed by atoms with E-state index in [0.717, 1.165) is 11.6 Å². The molecule has 0 aromatic carbocycles. The SMILES string of the molecule is CCC(Nc1cccnc1)C1CCC1. The van der Waals surface area contributed by atoms with Gasteiger partial charge < -0.3 is 5.32 Å². The van der Waals surface area contributed by atoms with Gasteiger partial charge in [0, 0.05) is 18.4 Å². The molecule has 2 nitrogen and oxygen atoms in total. The highest BCUT2D eigenvalue weighted by molar-refractivity contribution is 5.40. The lowest BCUT2D eigenvalue weighted by molar-refractivity contribution is 0.270. The Morgan fingerprint density at radius 1 is 1.57 bits per heavy atom. The van der Waals surface area contributed by atoms with Crippen molar-refractivity contribution in [2.45, 2.75) is 38.6 Å². The summed E-state index contributed by atoms with van der Waals surface area (Å²) in [6, 6.07) is 4.72. The number of nitrogens with zero attached hydrogens (tertiary/aromatic N) is 1. The van der Waals surface area contributed by atoms with E-state index in [-0.39, 0.29) is 0 Å². The van der Waals surface area contributed by atoms with Crippen LogP contribution < -0.4 is 5.32 Å². The molecule has 1 aromatic heterocycles. The number of hydrogen-bond donors (Lipinski definition) is 1. The standard InChI is InChI=1S/C12H18N2/c1-2-12(10-5-3-6-10)14-11-7-4-8-13-9-11/h4,7-10,12,14H,2-3,5-6H2,1H3. The average Bonchev–Trinajstić information content (AvgIpc) is 2.15. The Bertz CT molecular complexity index is 267. The van der Waals surface area contributed by atoms with Crippen LogP contribution in [0.15, 0.2) is 24.5 Å². The normalized spacial score (nSPS) is 18.6. The summed E-state index contributed by atoms with van der Waals surface area (Å²) >= 11 is 0. The van der Waals surface area contributed by atoms with Crippen LogP contribution in [-0.4, -0.2) is 11.0 Å². The van der Waals surface area contributed by atoms with Gasteiger partial charge in [-0.05, 0) is 37.3 Å². The number of hydrogen-bond acceptors (Lipinski definition) is 2. The first kappa shape index (κ1) is 9.50. The predicted octanol–water partition coefficient (Wildman–Crippen LogP) is 3.07. The smallest absolute Gasteiger partial charge is 0.0528 e. The molecule has 14 heavy (non-hydrogen) atoms. The maximum absolute atomic E-state index is 4.11. The Kier molecular flexibility index (Phi) is 3.02. The predicted molar refractivity (Wildman–Crippen MR) is 59.3 cm³/mol. The van der Waals surface area contributed by atoms with E-state index < -0.39 is 0 Å². The van der Waals surface area contributed by atoms with Crippen LogP contribution in [0.1, 0.15) is 32.6 Å². The van der Waals surface area contributed by atoms with Crippen molar-refractivity contribution >= 4 is 5.69 Å². The van der Waals surface area contributed by atoms with Crippen molar-refractivity contribution in [1.82, 2.24) is 4.98 Å². The van der Waals surface area contributed by atoms with Crippen LogP contribution in [0.5, 0.6) is 0 Å². The Labute approximate surface area is 85.7 Å². The van der Waals surface area contributed by atoms with Gasteiger partial charge in [-0.2, -0.15) is 0 Å². The van der Waals surface area contributed by atoms with Crippen LogP contribution >= 0.6 is 0 Å². The summed E-state index contributed by atoms with van der Waals surface area (Å²) in [5.41, 5.74) is 1.16. The molecule has 1 heterocycles. The lowest BCUT2D eigenvalue weighted by atomic mass is 9.79. The van der Waals surface area contributed by atoms with Gasteiger partial charge in [0.25, 0.3) is 0 Å². The highest BCUT2D eigenvalue weighted by Gasteiger charge is 2.25. The zero-order valence-corrected chi connectivity index (χ0v) is 8.74. The van der Waals surface area contributed by atoms with Crippen LogP contribution in [0.4, 0.5) is 5.69 Å². The number of nitrogens with one attached hydrogen (secondary N) is 1. The average molecular weight is 190 g/mol. The Morgan fingerprint density at radius 2 is 2.43 bits per heavy atom. The van der Waals surface area contributed by atoms with Crippen LogP contribution in [0, 0.1) is 5.92 Å². The summed E-state index contributed by atoms with van der Waals surface area (Å²) in [5, 5.41) is 3.57. The molecule has 1 fully saturated rings. The maximum atomic E-state index is 4.11. The van der Waals surface area contributed by atoms with E-state index >= 15 is 0 Å². The third-order valence-electron chi connectivity index (χ3n) is 3.17. The number of aromatic nitrogens is 1.